The number of halogens is 7. The van der Waals surface area contributed by atoms with Gasteiger partial charge in [-0.3, -0.25) is 9.59 Å². The van der Waals surface area contributed by atoms with E-state index in [2.05, 4.69) is 82.1 Å². The molecule has 782 valence electrons. The summed E-state index contributed by atoms with van der Waals surface area (Å²) in [4.78, 5) is 62.9. The maximum Gasteiger partial charge on any atom is 0.338 e. The molecule has 16 rings (SSSR count). The first-order chi connectivity index (χ1) is 70.2. The molecule has 24 nitrogen and oxygen atoms in total. The fourth-order valence-electron chi connectivity index (χ4n) is 22.5. The average molecular weight is 2080 g/mol. The second-order valence-corrected chi connectivity index (χ2v) is 43.4. The van der Waals surface area contributed by atoms with E-state index in [0.717, 1.165) is 232 Å². The molecule has 1 amide bonds. The van der Waals surface area contributed by atoms with Crippen LogP contribution in [0.3, 0.4) is 0 Å². The molecule has 0 bridgehead atoms. The van der Waals surface area contributed by atoms with Gasteiger partial charge in [0.15, 0.2) is 0 Å². The highest BCUT2D eigenvalue weighted by Crippen LogP contribution is 2.41. The number of carbonyl (C=O) groups excluding carboxylic acids is 3. The third-order valence-electron chi connectivity index (χ3n) is 30.0. The van der Waals surface area contributed by atoms with Crippen molar-refractivity contribution < 1.29 is 72.2 Å². The predicted octanol–water partition coefficient (Wildman–Crippen LogP) is 20.6. The highest BCUT2D eigenvalue weighted by atomic mass is 35.5. The van der Waals surface area contributed by atoms with Crippen LogP contribution in [0.15, 0.2) is 143 Å². The number of carboxylic acids is 1. The molecule has 0 aliphatic carbocycles. The lowest BCUT2D eigenvalue weighted by Crippen LogP contribution is -2.54. The van der Waals surface area contributed by atoms with Gasteiger partial charge in [-0.1, -0.05) is 36.4 Å². The normalized spacial score (nSPS) is 16.4. The predicted molar refractivity (Wildman–Crippen MR) is 568 cm³/mol. The van der Waals surface area contributed by atoms with Crippen molar-refractivity contribution in [3.05, 3.63) is 302 Å². The summed E-state index contributed by atoms with van der Waals surface area (Å²) in [6.07, 6.45) is 11.2. The Labute approximate surface area is 870 Å². The van der Waals surface area contributed by atoms with Crippen molar-refractivity contribution in [1.82, 2.24) is 10.2 Å². The van der Waals surface area contributed by atoms with Crippen LogP contribution < -0.4 is 45.0 Å². The summed E-state index contributed by atoms with van der Waals surface area (Å²) >= 11 is 5.81. The lowest BCUT2D eigenvalue weighted by Gasteiger charge is -2.42. The van der Waals surface area contributed by atoms with Crippen LogP contribution in [0.5, 0.6) is 0 Å². The van der Waals surface area contributed by atoms with Gasteiger partial charge in [0.25, 0.3) is 11.1 Å². The number of aryl methyl sites for hydroxylation is 8. The molecule has 0 radical (unpaired) electrons. The Bertz CT molecular complexity index is 6940. The van der Waals surface area contributed by atoms with Crippen LogP contribution >= 0.6 is 11.6 Å². The van der Waals surface area contributed by atoms with Gasteiger partial charge in [0, 0.05) is 115 Å². The quantitative estimate of drug-likeness (QED) is 0.0313. The number of piperidine rings is 4. The van der Waals surface area contributed by atoms with E-state index in [1.54, 1.807) is 41.3 Å². The van der Waals surface area contributed by atoms with Gasteiger partial charge in [0.05, 0.1) is 74.6 Å². The average Bonchev–Trinajstić information content (AvgIpc) is 1.08. The standard InChI is InChI=1S/C34H39F2N5O3S.C24H27FN2O2.C23H24ClFN2O.C23H25FN2O2.C11H16FN3O2S/c1-21-16-22(2)32(24(4)28(21)17-25-10-12-39(13-11-25)30-9-8-27(35)18-26(30)19-37)34(42)41-15-14-40(20-23(41)3)31-7-5-6-29(36)33(31)45(38,43)44;1-15-11-16(2)23(24(28)29-4)17(3)21(15)12-18-7-9-27(10-8-18)22-6-5-20(25)13-19(22)14-26;1-14-10-15(2)22(23(24)28)16(3)20(14)11-17-6-8-27(9-7-17)21-5-4-19(25)12-18(21)13-26;1-14-10-15(2)22(23(27)28)16(3)20(14)11-17-6-8-26(9-7-17)21-5-4-19(24)12-18(21)13-25;1-8-7-15(6-5-14-8)10-4-2-3-9(12)11(10)18(13,16)17/h5-9,16,18,23,25H,10-15,17,20H2,1-4H3,(H2,38,43,44);5-6,11,13,18H,7-10,12H2,1-4H3;4-5,10,12,17H,6-9,11H2,1-3H3;4-5,10,12,17H,6-9,11H2,1-3H3,(H,27,28);2-4,8,14H,5-7H2,1H3,(H2,13,16,17)/t23-;;;;8-/m0...0/s1. The monoisotopic (exact) mass is 2080 g/mol. The smallest absolute Gasteiger partial charge is 0.338 e. The molecule has 0 unspecified atom stereocenters. The molecule has 2 atom stereocenters. The summed E-state index contributed by atoms with van der Waals surface area (Å²) in [5, 5.41) is 60.2. The maximum atomic E-state index is 14.5. The number of nitriles is 4. The molecule has 6 heterocycles. The number of ether oxygens (including phenoxy) is 1. The van der Waals surface area contributed by atoms with Gasteiger partial charge >= 0.3 is 11.9 Å². The van der Waals surface area contributed by atoms with Gasteiger partial charge in [-0.05, 0) is 395 Å². The molecule has 6 aliphatic rings. The first kappa shape index (κ1) is 113. The van der Waals surface area contributed by atoms with Crippen LogP contribution in [0, 0.1) is 187 Å². The fourth-order valence-corrected chi connectivity index (χ4v) is 24.5. The SMILES string of the molecule is COC(=O)c1c(C)cc(C)c(CC2CCN(c3ccc(F)cc3C#N)CC2)c1C.C[C@H]1CN(c2cccc(F)c2S(N)(=O)=O)CCN1.Cc1cc(C)c(C(=O)Cl)c(C)c1CC1CCN(c2ccc(F)cc2C#N)CC1.Cc1cc(C)c(C(=O)N2CCN(c3cccc(F)c3S(N)(=O)=O)C[C@@H]2C)c(C)c1CC1CCN(c2ccc(F)cc2C#N)CC1.Cc1cc(C)c(C(=O)O)c(C)c1CC1CCN(c2ccc(F)cc2C#N)CC1. The molecular weight excluding hydrogens is 1950 g/mol. The van der Waals surface area contributed by atoms with Crippen molar-refractivity contribution in [3.63, 3.8) is 0 Å². The van der Waals surface area contributed by atoms with Crippen molar-refractivity contribution in [2.24, 2.45) is 33.9 Å². The number of carbonyl (C=O) groups is 4. The highest BCUT2D eigenvalue weighted by Gasteiger charge is 2.37. The Kier molecular flexibility index (Phi) is 38.1. The molecule has 0 spiro atoms. The number of nitrogens with zero attached hydrogens (tertiary/aromatic N) is 11. The Hall–Kier alpha value is -13.3. The zero-order valence-electron chi connectivity index (χ0n) is 86.7. The number of esters is 1. The third-order valence-corrected chi connectivity index (χ3v) is 32.2. The fraction of sp³-hybridized carbons (Fsp3) is 0.409. The van der Waals surface area contributed by atoms with E-state index in [1.807, 2.05) is 98.1 Å². The van der Waals surface area contributed by atoms with E-state index in [4.69, 9.17) is 26.6 Å². The molecule has 6 N–H and O–H groups in total. The summed E-state index contributed by atoms with van der Waals surface area (Å²) in [6, 6.07) is 42.3. The first-order valence-electron chi connectivity index (χ1n) is 50.0. The Morgan fingerprint density at radius 1 is 0.392 bits per heavy atom. The summed E-state index contributed by atoms with van der Waals surface area (Å²) in [7, 11) is -6.93. The van der Waals surface area contributed by atoms with Gasteiger partial charge in [-0.25, -0.2) is 63.0 Å². The van der Waals surface area contributed by atoms with Gasteiger partial charge in [-0.2, -0.15) is 21.0 Å². The second kappa shape index (κ2) is 49.7. The number of nitrogens with two attached hydrogens (primary N) is 2. The van der Waals surface area contributed by atoms with Crippen molar-refractivity contribution >= 4 is 88.9 Å². The van der Waals surface area contributed by atoms with Crippen LogP contribution in [-0.4, -0.2) is 161 Å². The van der Waals surface area contributed by atoms with Crippen LogP contribution in [0.25, 0.3) is 0 Å². The molecule has 33 heteroatoms. The zero-order valence-corrected chi connectivity index (χ0v) is 89.1. The lowest BCUT2D eigenvalue weighted by atomic mass is 9.83. The molecule has 10 aromatic carbocycles. The minimum Gasteiger partial charge on any atom is -0.478 e. The number of benzene rings is 10. The summed E-state index contributed by atoms with van der Waals surface area (Å²) in [5.41, 5.74) is 24.5. The van der Waals surface area contributed by atoms with E-state index < -0.39 is 64.3 Å². The lowest BCUT2D eigenvalue weighted by molar-refractivity contribution is 0.0596. The summed E-state index contributed by atoms with van der Waals surface area (Å²) in [5.74, 6) is -2.63. The molecule has 148 heavy (non-hydrogen) atoms. The van der Waals surface area contributed by atoms with Crippen LogP contribution in [0.1, 0.15) is 218 Å². The van der Waals surface area contributed by atoms with Crippen molar-refractivity contribution in [2.75, 3.05) is 128 Å². The van der Waals surface area contributed by atoms with Crippen LogP contribution in [0.2, 0.25) is 0 Å². The van der Waals surface area contributed by atoms with Crippen molar-refractivity contribution in [2.45, 2.75) is 196 Å². The number of carboxylic acid groups (broad SMARTS) is 1. The van der Waals surface area contributed by atoms with Crippen LogP contribution in [0.4, 0.5) is 60.5 Å². The number of aromatic carboxylic acids is 1. The Morgan fingerprint density at radius 2 is 0.689 bits per heavy atom. The van der Waals surface area contributed by atoms with Crippen LogP contribution in [-0.2, 0) is 50.5 Å². The number of amides is 1. The number of nitrogens with one attached hydrogen (secondary N) is 1. The molecular formula is C115H131ClF6N14O10S2. The number of sulfonamides is 2. The topological polar surface area (TPSA) is 348 Å². The molecule has 6 saturated heterocycles. The summed E-state index contributed by atoms with van der Waals surface area (Å²) in [6.45, 7) is 37.2. The van der Waals surface area contributed by atoms with E-state index >= 15 is 0 Å². The van der Waals surface area contributed by atoms with E-state index in [-0.39, 0.29) is 41.3 Å². The largest absolute Gasteiger partial charge is 0.478 e. The number of hydrogen-bond acceptors (Lipinski definition) is 20. The number of anilines is 6. The molecule has 0 saturated carbocycles. The zero-order chi connectivity index (χ0) is 108. The number of rotatable bonds is 20. The molecule has 6 fully saturated rings. The van der Waals surface area contributed by atoms with E-state index in [0.29, 0.717) is 107 Å². The molecule has 6 aliphatic heterocycles. The summed E-state index contributed by atoms with van der Waals surface area (Å²) < 4.78 is 134. The first-order valence-corrected chi connectivity index (χ1v) is 53.5. The van der Waals surface area contributed by atoms with Crippen molar-refractivity contribution in [1.29, 1.82) is 21.0 Å². The minimum absolute atomic E-state index is 0.0699. The van der Waals surface area contributed by atoms with Gasteiger partial charge in [0.1, 0.15) is 69.0 Å². The second-order valence-electron chi connectivity index (χ2n) is 40.0. The van der Waals surface area contributed by atoms with E-state index in [1.165, 1.54) is 95.6 Å². The minimum atomic E-state index is -4.28. The van der Waals surface area contributed by atoms with Gasteiger partial charge in [-0.15, -0.1) is 0 Å². The third kappa shape index (κ3) is 27.0. The maximum absolute atomic E-state index is 14.5. The van der Waals surface area contributed by atoms with Gasteiger partial charge < -0.3 is 49.5 Å². The number of methoxy groups -OCH3 is 1. The highest BCUT2D eigenvalue weighted by molar-refractivity contribution is 7.89. The molecule has 10 aromatic rings. The number of primary sulfonamides is 2. The van der Waals surface area contributed by atoms with Crippen molar-refractivity contribution in [3.8, 4) is 24.3 Å². The van der Waals surface area contributed by atoms with Gasteiger partial charge in [0.2, 0.25) is 20.0 Å². The molecule has 0 aromatic heterocycles. The van der Waals surface area contributed by atoms with E-state index in [9.17, 15) is 88.5 Å². The number of hydrogen-bond donors (Lipinski definition) is 4. The Morgan fingerprint density at radius 3 is 0.986 bits per heavy atom. The Balaban J connectivity index is 0.000000169. The number of piperazine rings is 2.